The molecule has 0 heterocycles. The Kier molecular flexibility index (Phi) is 6.21. The summed E-state index contributed by atoms with van der Waals surface area (Å²) in [6.45, 7) is 10.7. The van der Waals surface area contributed by atoms with Crippen LogP contribution in [0.25, 0.3) is 0 Å². The predicted molar refractivity (Wildman–Crippen MR) is 82.7 cm³/mol. The smallest absolute Gasteiger partial charge is 0.220 e. The van der Waals surface area contributed by atoms with Gasteiger partial charge in [0.2, 0.25) is 5.91 Å². The van der Waals surface area contributed by atoms with Gasteiger partial charge in [-0.15, -0.1) is 0 Å². The van der Waals surface area contributed by atoms with Crippen LogP contribution in [0.1, 0.15) is 57.8 Å². The van der Waals surface area contributed by atoms with Gasteiger partial charge in [0.25, 0.3) is 0 Å². The third-order valence-electron chi connectivity index (χ3n) is 2.91. The largest absolute Gasteiger partial charge is 0.366 e. The predicted octanol–water partition coefficient (Wildman–Crippen LogP) is 3.77. The molecule has 3 nitrogen and oxygen atoms in total. The zero-order valence-electron chi connectivity index (χ0n) is 13.3. The number of rotatable bonds is 6. The molecular formula is C17H27NO2. The number of carbonyl (C=O) groups is 1. The van der Waals surface area contributed by atoms with Crippen LogP contribution in [0.5, 0.6) is 0 Å². The normalized spacial score (nSPS) is 13.1. The van der Waals surface area contributed by atoms with Gasteiger partial charge in [-0.1, -0.05) is 36.8 Å². The van der Waals surface area contributed by atoms with Crippen LogP contribution in [-0.2, 0) is 9.53 Å². The van der Waals surface area contributed by atoms with Crippen LogP contribution >= 0.6 is 0 Å². The summed E-state index contributed by atoms with van der Waals surface area (Å²) in [4.78, 5) is 11.6. The first kappa shape index (κ1) is 16.7. The highest BCUT2D eigenvalue weighted by molar-refractivity contribution is 5.75. The molecule has 0 saturated heterocycles. The van der Waals surface area contributed by atoms with E-state index in [1.54, 1.807) is 0 Å². The molecule has 3 heteroatoms. The van der Waals surface area contributed by atoms with Crippen LogP contribution in [-0.4, -0.2) is 18.1 Å². The molecule has 1 aromatic carbocycles. The van der Waals surface area contributed by atoms with Gasteiger partial charge in [-0.25, -0.2) is 0 Å². The molecule has 1 rings (SSSR count). The van der Waals surface area contributed by atoms with Crippen LogP contribution < -0.4 is 5.32 Å². The van der Waals surface area contributed by atoms with Gasteiger partial charge in [0.05, 0.1) is 5.60 Å². The summed E-state index contributed by atoms with van der Waals surface area (Å²) in [5.41, 5.74) is 2.07. The van der Waals surface area contributed by atoms with E-state index in [1.165, 1.54) is 5.56 Å². The molecule has 0 unspecified atom stereocenters. The molecule has 0 aliphatic carbocycles. The zero-order valence-corrected chi connectivity index (χ0v) is 13.3. The summed E-state index contributed by atoms with van der Waals surface area (Å²) < 4.78 is 6.08. The van der Waals surface area contributed by atoms with Crippen molar-refractivity contribution in [3.8, 4) is 0 Å². The number of aryl methyl sites for hydroxylation is 1. The van der Waals surface area contributed by atoms with E-state index in [-0.39, 0.29) is 17.6 Å². The van der Waals surface area contributed by atoms with Gasteiger partial charge in [0.15, 0.2) is 0 Å². The van der Waals surface area contributed by atoms with Gasteiger partial charge in [-0.3, -0.25) is 4.79 Å². The van der Waals surface area contributed by atoms with Gasteiger partial charge in [0, 0.05) is 13.0 Å². The van der Waals surface area contributed by atoms with Crippen LogP contribution in [0.4, 0.5) is 0 Å². The number of carbonyl (C=O) groups excluding carboxylic acids is 1. The van der Waals surface area contributed by atoms with Crippen molar-refractivity contribution in [1.29, 1.82) is 0 Å². The number of hydrogen-bond acceptors (Lipinski definition) is 2. The van der Waals surface area contributed by atoms with E-state index < -0.39 is 0 Å². The van der Waals surface area contributed by atoms with Crippen molar-refractivity contribution in [1.82, 2.24) is 5.32 Å². The van der Waals surface area contributed by atoms with E-state index in [2.05, 4.69) is 36.5 Å². The van der Waals surface area contributed by atoms with E-state index in [9.17, 15) is 4.79 Å². The average Bonchev–Trinajstić information content (AvgIpc) is 2.34. The Morgan fingerprint density at radius 1 is 1.25 bits per heavy atom. The molecule has 0 aliphatic rings. The molecule has 112 valence electrons. The van der Waals surface area contributed by atoms with Crippen molar-refractivity contribution >= 4 is 5.91 Å². The van der Waals surface area contributed by atoms with Crippen molar-refractivity contribution < 1.29 is 9.53 Å². The van der Waals surface area contributed by atoms with Crippen molar-refractivity contribution in [2.75, 3.05) is 6.54 Å². The molecular weight excluding hydrogens is 250 g/mol. The third-order valence-corrected chi connectivity index (χ3v) is 2.91. The van der Waals surface area contributed by atoms with Crippen LogP contribution in [0.2, 0.25) is 0 Å². The fourth-order valence-corrected chi connectivity index (χ4v) is 1.96. The molecule has 0 saturated carbocycles. The molecule has 0 bridgehead atoms. The number of hydrogen-bond donors (Lipinski definition) is 1. The highest BCUT2D eigenvalue weighted by Gasteiger charge is 2.20. The van der Waals surface area contributed by atoms with Crippen molar-refractivity contribution in [3.63, 3.8) is 0 Å². The summed E-state index contributed by atoms with van der Waals surface area (Å²) >= 11 is 0. The molecule has 1 aromatic rings. The van der Waals surface area contributed by atoms with Crippen molar-refractivity contribution in [3.05, 3.63) is 35.4 Å². The molecule has 1 amide bonds. The molecule has 0 radical (unpaired) electrons. The topological polar surface area (TPSA) is 38.3 Å². The van der Waals surface area contributed by atoms with Gasteiger partial charge in [0.1, 0.15) is 6.10 Å². The van der Waals surface area contributed by atoms with Crippen molar-refractivity contribution in [2.45, 2.75) is 59.2 Å². The molecule has 20 heavy (non-hydrogen) atoms. The number of amides is 1. The van der Waals surface area contributed by atoms with E-state index in [0.717, 1.165) is 12.0 Å². The standard InChI is InChI=1S/C17H27NO2/c1-6-7-16(19)18-12-15(20-17(3,4)5)14-10-8-13(2)9-11-14/h8-11,15H,6-7,12H2,1-5H3,(H,18,19)/t15-/m1/s1. The molecule has 0 aliphatic heterocycles. The first-order chi connectivity index (χ1) is 9.31. The molecule has 0 fully saturated rings. The van der Waals surface area contributed by atoms with E-state index in [1.807, 2.05) is 27.7 Å². The lowest BCUT2D eigenvalue weighted by Gasteiger charge is -2.28. The minimum absolute atomic E-state index is 0.0853. The molecule has 0 spiro atoms. The molecule has 0 aromatic heterocycles. The van der Waals surface area contributed by atoms with Gasteiger partial charge < -0.3 is 10.1 Å². The lowest BCUT2D eigenvalue weighted by molar-refractivity contribution is -0.123. The summed E-state index contributed by atoms with van der Waals surface area (Å²) in [5.74, 6) is 0.0853. The quantitative estimate of drug-likeness (QED) is 0.859. The van der Waals surface area contributed by atoms with Gasteiger partial charge in [-0.05, 0) is 39.7 Å². The summed E-state index contributed by atoms with van der Waals surface area (Å²) in [7, 11) is 0. The summed E-state index contributed by atoms with van der Waals surface area (Å²) in [6.07, 6.45) is 1.31. The highest BCUT2D eigenvalue weighted by Crippen LogP contribution is 2.23. The van der Waals surface area contributed by atoms with E-state index in [0.29, 0.717) is 13.0 Å². The Morgan fingerprint density at radius 2 is 1.85 bits per heavy atom. The second-order valence-corrected chi connectivity index (χ2v) is 6.18. The Bertz CT molecular complexity index is 418. The number of ether oxygens (including phenoxy) is 1. The first-order valence-electron chi connectivity index (χ1n) is 7.33. The highest BCUT2D eigenvalue weighted by atomic mass is 16.5. The Hall–Kier alpha value is -1.35. The van der Waals surface area contributed by atoms with Crippen LogP contribution in [0, 0.1) is 6.92 Å². The Balaban J connectivity index is 2.75. The minimum Gasteiger partial charge on any atom is -0.366 e. The Morgan fingerprint density at radius 3 is 2.35 bits per heavy atom. The maximum atomic E-state index is 11.6. The van der Waals surface area contributed by atoms with Crippen LogP contribution in [0.15, 0.2) is 24.3 Å². The van der Waals surface area contributed by atoms with Gasteiger partial charge >= 0.3 is 0 Å². The average molecular weight is 277 g/mol. The molecule has 1 N–H and O–H groups in total. The fraction of sp³-hybridized carbons (Fsp3) is 0.588. The first-order valence-corrected chi connectivity index (χ1v) is 7.33. The third kappa shape index (κ3) is 6.20. The number of benzene rings is 1. The maximum absolute atomic E-state index is 11.6. The van der Waals surface area contributed by atoms with Crippen LogP contribution in [0.3, 0.4) is 0 Å². The van der Waals surface area contributed by atoms with E-state index >= 15 is 0 Å². The Labute approximate surface area is 122 Å². The summed E-state index contributed by atoms with van der Waals surface area (Å²) in [6, 6.07) is 8.28. The SMILES string of the molecule is CCCC(=O)NC[C@@H](OC(C)(C)C)c1ccc(C)cc1. The zero-order chi connectivity index (χ0) is 15.2. The fourth-order valence-electron chi connectivity index (χ4n) is 1.96. The molecule has 1 atom stereocenters. The summed E-state index contributed by atoms with van der Waals surface area (Å²) in [5, 5.41) is 2.96. The second-order valence-electron chi connectivity index (χ2n) is 6.18. The number of nitrogens with one attached hydrogen (secondary N) is 1. The second kappa shape index (κ2) is 7.44. The van der Waals surface area contributed by atoms with Gasteiger partial charge in [-0.2, -0.15) is 0 Å². The monoisotopic (exact) mass is 277 g/mol. The maximum Gasteiger partial charge on any atom is 0.220 e. The lowest BCUT2D eigenvalue weighted by atomic mass is 10.1. The lowest BCUT2D eigenvalue weighted by Crippen LogP contribution is -2.33. The van der Waals surface area contributed by atoms with E-state index in [4.69, 9.17) is 4.74 Å². The minimum atomic E-state index is -0.245. The van der Waals surface area contributed by atoms with Crippen molar-refractivity contribution in [2.24, 2.45) is 0 Å².